The van der Waals surface area contributed by atoms with Crippen molar-refractivity contribution in [2.45, 2.75) is 45.2 Å². The number of hydrazone groups is 1. The third-order valence-corrected chi connectivity index (χ3v) is 3.61. The molecule has 2 rings (SSSR count). The predicted molar refractivity (Wildman–Crippen MR) is 73.7 cm³/mol. The van der Waals surface area contributed by atoms with Crippen molar-refractivity contribution in [3.63, 3.8) is 0 Å². The smallest absolute Gasteiger partial charge is 0.0543 e. The summed E-state index contributed by atoms with van der Waals surface area (Å²) in [5, 5.41) is 7.60. The third-order valence-electron chi connectivity index (χ3n) is 3.36. The maximum Gasteiger partial charge on any atom is 0.0543 e. The highest BCUT2D eigenvalue weighted by atomic mass is 35.5. The van der Waals surface area contributed by atoms with Gasteiger partial charge in [-0.15, -0.1) is 0 Å². The number of hydrogen-bond acceptors (Lipinski definition) is 2. The molecule has 1 aromatic rings. The maximum absolute atomic E-state index is 5.85. The molecule has 0 amide bonds. The average molecular weight is 251 g/mol. The monoisotopic (exact) mass is 250 g/mol. The Morgan fingerprint density at radius 3 is 2.35 bits per heavy atom. The molecule has 2 atom stereocenters. The fourth-order valence-electron chi connectivity index (χ4n) is 2.32. The number of halogens is 1. The zero-order valence-electron chi connectivity index (χ0n) is 10.4. The molecule has 1 fully saturated rings. The minimum absolute atomic E-state index is 0.544. The first-order valence-electron chi connectivity index (χ1n) is 6.24. The van der Waals surface area contributed by atoms with Gasteiger partial charge in [0.05, 0.1) is 6.21 Å². The van der Waals surface area contributed by atoms with Gasteiger partial charge in [-0.2, -0.15) is 5.10 Å². The second-order valence-electron chi connectivity index (χ2n) is 4.81. The number of rotatable bonds is 2. The predicted octanol–water partition coefficient (Wildman–Crippen LogP) is 3.94. The molecule has 1 aromatic carbocycles. The first-order chi connectivity index (χ1) is 8.16. The van der Waals surface area contributed by atoms with Gasteiger partial charge in [0, 0.05) is 17.1 Å². The van der Waals surface area contributed by atoms with Crippen LogP contribution < -0.4 is 0 Å². The van der Waals surface area contributed by atoms with Crippen molar-refractivity contribution < 1.29 is 0 Å². The van der Waals surface area contributed by atoms with Gasteiger partial charge in [0.2, 0.25) is 0 Å². The van der Waals surface area contributed by atoms with Crippen molar-refractivity contribution in [2.24, 2.45) is 5.10 Å². The summed E-state index contributed by atoms with van der Waals surface area (Å²) in [7, 11) is 0. The first kappa shape index (κ1) is 12.4. The van der Waals surface area contributed by atoms with Crippen LogP contribution in [0.15, 0.2) is 29.4 Å². The molecule has 0 radical (unpaired) electrons. The van der Waals surface area contributed by atoms with Crippen LogP contribution in [0.1, 0.15) is 38.7 Å². The van der Waals surface area contributed by atoms with Gasteiger partial charge < -0.3 is 0 Å². The van der Waals surface area contributed by atoms with Crippen LogP contribution in [-0.2, 0) is 0 Å². The summed E-state index contributed by atoms with van der Waals surface area (Å²) < 4.78 is 0. The Kier molecular flexibility index (Phi) is 4.06. The van der Waals surface area contributed by atoms with Crippen LogP contribution in [0.5, 0.6) is 0 Å². The lowest BCUT2D eigenvalue weighted by Gasteiger charge is -2.36. The van der Waals surface area contributed by atoms with E-state index >= 15 is 0 Å². The summed E-state index contributed by atoms with van der Waals surface area (Å²) in [4.78, 5) is 0. The number of nitrogens with zero attached hydrogens (tertiary/aromatic N) is 2. The number of piperidine rings is 1. The molecule has 0 N–H and O–H groups in total. The highest BCUT2D eigenvalue weighted by Gasteiger charge is 2.22. The van der Waals surface area contributed by atoms with Gasteiger partial charge in [-0.05, 0) is 50.8 Å². The van der Waals surface area contributed by atoms with Gasteiger partial charge in [0.25, 0.3) is 0 Å². The van der Waals surface area contributed by atoms with E-state index in [4.69, 9.17) is 11.6 Å². The summed E-state index contributed by atoms with van der Waals surface area (Å²) >= 11 is 5.85. The van der Waals surface area contributed by atoms with Gasteiger partial charge in [-0.1, -0.05) is 23.7 Å². The summed E-state index contributed by atoms with van der Waals surface area (Å²) in [5.41, 5.74) is 1.10. The lowest BCUT2D eigenvalue weighted by Crippen LogP contribution is -2.39. The van der Waals surface area contributed by atoms with E-state index in [0.29, 0.717) is 12.1 Å². The Balaban J connectivity index is 2.06. The average Bonchev–Trinajstić information content (AvgIpc) is 2.31. The van der Waals surface area contributed by atoms with Gasteiger partial charge >= 0.3 is 0 Å². The van der Waals surface area contributed by atoms with Crippen LogP contribution in [0, 0.1) is 0 Å². The molecule has 0 aromatic heterocycles. The number of hydrogen-bond donors (Lipinski definition) is 0. The topological polar surface area (TPSA) is 15.6 Å². The summed E-state index contributed by atoms with van der Waals surface area (Å²) in [6, 6.07) is 8.86. The molecule has 2 nitrogen and oxygen atoms in total. The summed E-state index contributed by atoms with van der Waals surface area (Å²) in [5.74, 6) is 0. The molecule has 1 heterocycles. The molecule has 17 heavy (non-hydrogen) atoms. The van der Waals surface area contributed by atoms with Crippen LogP contribution in [0.4, 0.5) is 0 Å². The van der Waals surface area contributed by atoms with E-state index in [1.54, 1.807) is 0 Å². The molecular weight excluding hydrogens is 232 g/mol. The Hall–Kier alpha value is -1.02. The zero-order valence-corrected chi connectivity index (χ0v) is 11.2. The lowest BCUT2D eigenvalue weighted by molar-refractivity contribution is 0.109. The van der Waals surface area contributed by atoms with Crippen LogP contribution in [0.2, 0.25) is 5.02 Å². The van der Waals surface area contributed by atoms with Crippen LogP contribution in [0.25, 0.3) is 0 Å². The van der Waals surface area contributed by atoms with Crippen molar-refractivity contribution in [3.8, 4) is 0 Å². The number of benzene rings is 1. The first-order valence-corrected chi connectivity index (χ1v) is 6.62. The molecule has 1 aliphatic rings. The zero-order chi connectivity index (χ0) is 12.3. The van der Waals surface area contributed by atoms with E-state index in [0.717, 1.165) is 10.6 Å². The van der Waals surface area contributed by atoms with E-state index in [1.165, 1.54) is 19.3 Å². The van der Waals surface area contributed by atoms with Gasteiger partial charge in [-0.25, -0.2) is 0 Å². The molecule has 1 saturated heterocycles. The minimum Gasteiger partial charge on any atom is -0.292 e. The fraction of sp³-hybridized carbons (Fsp3) is 0.500. The molecule has 0 saturated carbocycles. The Morgan fingerprint density at radius 1 is 1.18 bits per heavy atom. The van der Waals surface area contributed by atoms with E-state index in [9.17, 15) is 0 Å². The van der Waals surface area contributed by atoms with Crippen molar-refractivity contribution in [1.82, 2.24) is 5.01 Å². The summed E-state index contributed by atoms with van der Waals surface area (Å²) in [6.07, 6.45) is 5.72. The maximum atomic E-state index is 5.85. The SMILES string of the molecule is CC1CCCC(C)N1/N=C/c1ccc(Cl)cc1. The van der Waals surface area contributed by atoms with Gasteiger partial charge in [0.1, 0.15) is 0 Å². The van der Waals surface area contributed by atoms with E-state index < -0.39 is 0 Å². The Labute approximate surface area is 108 Å². The molecular formula is C14H19ClN2. The summed E-state index contributed by atoms with van der Waals surface area (Å²) in [6.45, 7) is 4.49. The lowest BCUT2D eigenvalue weighted by atomic mass is 10.00. The second kappa shape index (κ2) is 5.54. The van der Waals surface area contributed by atoms with Gasteiger partial charge in [-0.3, -0.25) is 5.01 Å². The Bertz CT molecular complexity index is 376. The molecule has 92 valence electrons. The van der Waals surface area contributed by atoms with E-state index in [2.05, 4.69) is 24.0 Å². The van der Waals surface area contributed by atoms with Crippen molar-refractivity contribution in [3.05, 3.63) is 34.9 Å². The van der Waals surface area contributed by atoms with Crippen LogP contribution >= 0.6 is 11.6 Å². The molecule has 3 heteroatoms. The van der Waals surface area contributed by atoms with Crippen molar-refractivity contribution in [1.29, 1.82) is 0 Å². The highest BCUT2D eigenvalue weighted by Crippen LogP contribution is 2.22. The normalized spacial score (nSPS) is 25.5. The molecule has 0 spiro atoms. The van der Waals surface area contributed by atoms with Crippen LogP contribution in [-0.4, -0.2) is 23.3 Å². The molecule has 1 aliphatic heterocycles. The van der Waals surface area contributed by atoms with Crippen molar-refractivity contribution >= 4 is 17.8 Å². The minimum atomic E-state index is 0.544. The largest absolute Gasteiger partial charge is 0.292 e. The van der Waals surface area contributed by atoms with E-state index in [-0.39, 0.29) is 0 Å². The van der Waals surface area contributed by atoms with Crippen LogP contribution in [0.3, 0.4) is 0 Å². The third kappa shape index (κ3) is 3.22. The fourth-order valence-corrected chi connectivity index (χ4v) is 2.44. The highest BCUT2D eigenvalue weighted by molar-refractivity contribution is 6.30. The standard InChI is InChI=1S/C14H19ClN2/c1-11-4-3-5-12(2)17(11)16-10-13-6-8-14(15)9-7-13/h6-12H,3-5H2,1-2H3/b16-10+. The van der Waals surface area contributed by atoms with Gasteiger partial charge in [0.15, 0.2) is 0 Å². The molecule has 2 unspecified atom stereocenters. The molecule has 0 aliphatic carbocycles. The van der Waals surface area contributed by atoms with E-state index in [1.807, 2.05) is 30.5 Å². The quantitative estimate of drug-likeness (QED) is 0.726. The van der Waals surface area contributed by atoms with Crippen molar-refractivity contribution in [2.75, 3.05) is 0 Å². The molecule has 0 bridgehead atoms. The Morgan fingerprint density at radius 2 is 1.76 bits per heavy atom. The second-order valence-corrected chi connectivity index (χ2v) is 5.24.